The Hall–Kier alpha value is -1.18. The third-order valence-corrected chi connectivity index (χ3v) is 4.94. The van der Waals surface area contributed by atoms with E-state index in [1.807, 2.05) is 0 Å². The van der Waals surface area contributed by atoms with E-state index in [-0.39, 0.29) is 0 Å². The maximum absolute atomic E-state index is 3.70. The fourth-order valence-electron chi connectivity index (χ4n) is 3.74. The number of anilines is 2. The maximum atomic E-state index is 3.70. The lowest BCUT2D eigenvalue weighted by Gasteiger charge is -2.24. The van der Waals surface area contributed by atoms with Crippen molar-refractivity contribution in [3.05, 3.63) is 24.3 Å². The highest BCUT2D eigenvalue weighted by Gasteiger charge is 2.16. The number of benzene rings is 1. The zero-order chi connectivity index (χ0) is 13.6. The largest absolute Gasteiger partial charge is 0.383 e. The third-order valence-electron chi connectivity index (χ3n) is 4.94. The van der Waals surface area contributed by atoms with E-state index in [0.29, 0.717) is 0 Å². The molecule has 2 nitrogen and oxygen atoms in total. The Bertz CT molecular complexity index is 404. The Balaban J connectivity index is 1.53. The van der Waals surface area contributed by atoms with Crippen molar-refractivity contribution in [2.24, 2.45) is 5.92 Å². The van der Waals surface area contributed by atoms with Crippen LogP contribution in [0, 0.1) is 5.92 Å². The van der Waals surface area contributed by atoms with Gasteiger partial charge >= 0.3 is 0 Å². The molecule has 110 valence electrons. The number of hydrogen-bond acceptors (Lipinski definition) is 2. The Labute approximate surface area is 123 Å². The van der Waals surface area contributed by atoms with Crippen LogP contribution in [0.2, 0.25) is 0 Å². The maximum Gasteiger partial charge on any atom is 0.0602 e. The van der Waals surface area contributed by atoms with E-state index < -0.39 is 0 Å². The van der Waals surface area contributed by atoms with E-state index in [2.05, 4.69) is 34.5 Å². The minimum absolute atomic E-state index is 0.968. The van der Waals surface area contributed by atoms with Crippen LogP contribution in [0.3, 0.4) is 0 Å². The predicted octanol–water partition coefficient (Wildman–Crippen LogP) is 4.67. The fraction of sp³-hybridized carbons (Fsp3) is 0.667. The number of nitrogens with zero attached hydrogens (tertiary/aromatic N) is 1. The van der Waals surface area contributed by atoms with Gasteiger partial charge in [0.2, 0.25) is 0 Å². The van der Waals surface area contributed by atoms with Crippen LogP contribution in [0.15, 0.2) is 24.3 Å². The molecule has 0 unspecified atom stereocenters. The normalized spacial score (nSPS) is 20.3. The van der Waals surface area contributed by atoms with Gasteiger partial charge in [-0.15, -0.1) is 0 Å². The fourth-order valence-corrected chi connectivity index (χ4v) is 3.74. The van der Waals surface area contributed by atoms with Crippen molar-refractivity contribution in [2.75, 3.05) is 29.9 Å². The molecule has 0 radical (unpaired) electrons. The molecule has 1 heterocycles. The van der Waals surface area contributed by atoms with Crippen molar-refractivity contribution in [3.8, 4) is 0 Å². The van der Waals surface area contributed by atoms with E-state index in [0.717, 1.165) is 12.5 Å². The van der Waals surface area contributed by atoms with E-state index >= 15 is 0 Å². The van der Waals surface area contributed by atoms with Crippen LogP contribution in [-0.4, -0.2) is 19.6 Å². The lowest BCUT2D eigenvalue weighted by Crippen LogP contribution is -2.20. The van der Waals surface area contributed by atoms with Gasteiger partial charge < -0.3 is 10.2 Å². The second-order valence-corrected chi connectivity index (χ2v) is 6.43. The first-order chi connectivity index (χ1) is 9.93. The molecule has 2 aliphatic rings. The lowest BCUT2D eigenvalue weighted by atomic mass is 9.87. The van der Waals surface area contributed by atoms with Crippen molar-refractivity contribution >= 4 is 11.4 Å². The van der Waals surface area contributed by atoms with Crippen LogP contribution in [0.4, 0.5) is 11.4 Å². The van der Waals surface area contributed by atoms with Crippen molar-refractivity contribution in [2.45, 2.75) is 51.4 Å². The van der Waals surface area contributed by atoms with Crippen molar-refractivity contribution in [1.82, 2.24) is 0 Å². The standard InChI is InChI=1S/C18H28N2/c1-2-8-16(9-3-1)12-13-19-17-10-4-5-11-18(17)20-14-6-7-15-20/h4-5,10-11,16,19H,1-3,6-9,12-15H2. The van der Waals surface area contributed by atoms with Gasteiger partial charge in [0.05, 0.1) is 11.4 Å². The van der Waals surface area contributed by atoms with E-state index in [1.54, 1.807) is 0 Å². The molecule has 2 heteroatoms. The first-order valence-electron chi connectivity index (χ1n) is 8.51. The molecule has 1 N–H and O–H groups in total. The van der Waals surface area contributed by atoms with Gasteiger partial charge in [-0.3, -0.25) is 0 Å². The number of nitrogens with one attached hydrogen (secondary N) is 1. The minimum atomic E-state index is 0.968. The quantitative estimate of drug-likeness (QED) is 0.838. The molecule has 1 saturated heterocycles. The van der Waals surface area contributed by atoms with Gasteiger partial charge in [-0.2, -0.15) is 0 Å². The van der Waals surface area contributed by atoms with Gasteiger partial charge in [0.25, 0.3) is 0 Å². The molecular weight excluding hydrogens is 244 g/mol. The smallest absolute Gasteiger partial charge is 0.0602 e. The molecule has 1 aliphatic heterocycles. The summed E-state index contributed by atoms with van der Waals surface area (Å²) in [5.41, 5.74) is 2.75. The molecule has 1 aromatic carbocycles. The summed E-state index contributed by atoms with van der Waals surface area (Å²) in [6, 6.07) is 8.84. The molecule has 1 aromatic rings. The summed E-state index contributed by atoms with van der Waals surface area (Å²) in [5, 5.41) is 3.70. The summed E-state index contributed by atoms with van der Waals surface area (Å²) in [7, 11) is 0. The third kappa shape index (κ3) is 3.47. The Morgan fingerprint density at radius 3 is 2.50 bits per heavy atom. The lowest BCUT2D eigenvalue weighted by molar-refractivity contribution is 0.345. The van der Waals surface area contributed by atoms with Gasteiger partial charge in [-0.05, 0) is 37.3 Å². The van der Waals surface area contributed by atoms with E-state index in [9.17, 15) is 0 Å². The van der Waals surface area contributed by atoms with E-state index in [4.69, 9.17) is 0 Å². The topological polar surface area (TPSA) is 15.3 Å². The highest BCUT2D eigenvalue weighted by Crippen LogP contribution is 2.30. The van der Waals surface area contributed by atoms with Crippen molar-refractivity contribution in [1.29, 1.82) is 0 Å². The van der Waals surface area contributed by atoms with Crippen LogP contribution in [0.5, 0.6) is 0 Å². The van der Waals surface area contributed by atoms with E-state index in [1.165, 1.54) is 75.8 Å². The summed E-state index contributed by atoms with van der Waals surface area (Å²) < 4.78 is 0. The summed E-state index contributed by atoms with van der Waals surface area (Å²) in [4.78, 5) is 2.53. The predicted molar refractivity (Wildman–Crippen MR) is 87.6 cm³/mol. The van der Waals surface area contributed by atoms with Gasteiger partial charge in [-0.25, -0.2) is 0 Å². The molecule has 20 heavy (non-hydrogen) atoms. The highest BCUT2D eigenvalue weighted by atomic mass is 15.2. The summed E-state index contributed by atoms with van der Waals surface area (Å²) >= 11 is 0. The zero-order valence-corrected chi connectivity index (χ0v) is 12.6. The molecule has 0 atom stereocenters. The number of para-hydroxylation sites is 2. The van der Waals surface area contributed by atoms with Crippen LogP contribution in [0.1, 0.15) is 51.4 Å². The molecule has 0 aromatic heterocycles. The summed E-state index contributed by atoms with van der Waals surface area (Å²) in [5.74, 6) is 0.968. The first kappa shape index (κ1) is 13.8. The molecule has 3 rings (SSSR count). The highest BCUT2D eigenvalue weighted by molar-refractivity contribution is 5.70. The number of hydrogen-bond donors (Lipinski definition) is 1. The first-order valence-corrected chi connectivity index (χ1v) is 8.51. The Morgan fingerprint density at radius 2 is 1.70 bits per heavy atom. The van der Waals surface area contributed by atoms with Gasteiger partial charge in [0.1, 0.15) is 0 Å². The average Bonchev–Trinajstić information content (AvgIpc) is 3.03. The van der Waals surface area contributed by atoms with Crippen molar-refractivity contribution in [3.63, 3.8) is 0 Å². The molecule has 1 aliphatic carbocycles. The second kappa shape index (κ2) is 7.01. The Morgan fingerprint density at radius 1 is 0.950 bits per heavy atom. The van der Waals surface area contributed by atoms with Crippen LogP contribution >= 0.6 is 0 Å². The molecule has 0 spiro atoms. The average molecular weight is 272 g/mol. The zero-order valence-electron chi connectivity index (χ0n) is 12.6. The number of rotatable bonds is 5. The summed E-state index contributed by atoms with van der Waals surface area (Å²) in [6.45, 7) is 3.58. The Kier molecular flexibility index (Phi) is 4.83. The second-order valence-electron chi connectivity index (χ2n) is 6.43. The minimum Gasteiger partial charge on any atom is -0.383 e. The molecule has 1 saturated carbocycles. The van der Waals surface area contributed by atoms with Gasteiger partial charge in [0.15, 0.2) is 0 Å². The van der Waals surface area contributed by atoms with Crippen LogP contribution in [0.25, 0.3) is 0 Å². The SMILES string of the molecule is c1ccc(N2CCCC2)c(NCCC2CCCCC2)c1. The van der Waals surface area contributed by atoms with Crippen LogP contribution < -0.4 is 10.2 Å². The molecule has 0 amide bonds. The molecular formula is C18H28N2. The molecule has 2 fully saturated rings. The molecule has 0 bridgehead atoms. The van der Waals surface area contributed by atoms with Crippen molar-refractivity contribution < 1.29 is 0 Å². The van der Waals surface area contributed by atoms with Crippen LogP contribution in [-0.2, 0) is 0 Å². The van der Waals surface area contributed by atoms with Gasteiger partial charge in [-0.1, -0.05) is 44.2 Å². The summed E-state index contributed by atoms with van der Waals surface area (Å²) in [6.07, 6.45) is 11.3. The van der Waals surface area contributed by atoms with Gasteiger partial charge in [0, 0.05) is 19.6 Å². The monoisotopic (exact) mass is 272 g/mol.